The Morgan fingerprint density at radius 3 is 2.42 bits per heavy atom. The molecular formula is C25H38O. The van der Waals surface area contributed by atoms with Crippen LogP contribution in [0.5, 0.6) is 0 Å². The molecule has 0 amide bonds. The van der Waals surface area contributed by atoms with Crippen LogP contribution in [0.4, 0.5) is 0 Å². The van der Waals surface area contributed by atoms with Gasteiger partial charge in [0.1, 0.15) is 0 Å². The molecule has 2 fully saturated rings. The maximum Gasteiger partial charge on any atom is 0.0577 e. The van der Waals surface area contributed by atoms with Crippen molar-refractivity contribution in [2.24, 2.45) is 23.7 Å². The van der Waals surface area contributed by atoms with Crippen molar-refractivity contribution in [1.29, 1.82) is 0 Å². The van der Waals surface area contributed by atoms with Gasteiger partial charge >= 0.3 is 0 Å². The van der Waals surface area contributed by atoms with Crippen LogP contribution in [0.15, 0.2) is 18.2 Å². The highest BCUT2D eigenvalue weighted by Gasteiger charge is 2.38. The van der Waals surface area contributed by atoms with Gasteiger partial charge in [-0.2, -0.15) is 0 Å². The Morgan fingerprint density at radius 1 is 0.846 bits per heavy atom. The minimum atomic E-state index is 0.566. The van der Waals surface area contributed by atoms with Crippen LogP contribution in [0.2, 0.25) is 0 Å². The fourth-order valence-corrected chi connectivity index (χ4v) is 6.38. The van der Waals surface area contributed by atoms with E-state index >= 15 is 0 Å². The van der Waals surface area contributed by atoms with Gasteiger partial charge in [-0.05, 0) is 111 Å². The molecule has 144 valence electrons. The number of hydrogen-bond donors (Lipinski definition) is 0. The highest BCUT2D eigenvalue weighted by molar-refractivity contribution is 5.34. The zero-order valence-corrected chi connectivity index (χ0v) is 17.0. The van der Waals surface area contributed by atoms with Crippen LogP contribution < -0.4 is 0 Å². The van der Waals surface area contributed by atoms with E-state index in [1.54, 1.807) is 16.7 Å². The Bertz CT molecular complexity index is 592. The second kappa shape index (κ2) is 8.46. The zero-order chi connectivity index (χ0) is 17.9. The number of rotatable bonds is 5. The fraction of sp³-hybridized carbons (Fsp3) is 0.760. The molecule has 26 heavy (non-hydrogen) atoms. The van der Waals surface area contributed by atoms with Gasteiger partial charge in [-0.25, -0.2) is 0 Å². The topological polar surface area (TPSA) is 9.23 Å². The van der Waals surface area contributed by atoms with Gasteiger partial charge in [0.15, 0.2) is 0 Å². The lowest BCUT2D eigenvalue weighted by molar-refractivity contribution is -0.0192. The Balaban J connectivity index is 1.35. The maximum absolute atomic E-state index is 5.94. The van der Waals surface area contributed by atoms with Crippen molar-refractivity contribution < 1.29 is 4.74 Å². The molecule has 0 aliphatic heterocycles. The van der Waals surface area contributed by atoms with E-state index in [-0.39, 0.29) is 0 Å². The lowest BCUT2D eigenvalue weighted by Gasteiger charge is -2.44. The summed E-state index contributed by atoms with van der Waals surface area (Å²) in [7, 11) is 0. The molecule has 0 bridgehead atoms. The highest BCUT2D eigenvalue weighted by Crippen LogP contribution is 2.47. The van der Waals surface area contributed by atoms with Gasteiger partial charge in [0, 0.05) is 6.61 Å². The van der Waals surface area contributed by atoms with Gasteiger partial charge in [0.05, 0.1) is 6.10 Å². The van der Waals surface area contributed by atoms with E-state index in [0.717, 1.165) is 30.3 Å². The Hall–Kier alpha value is -0.820. The Labute approximate surface area is 160 Å². The first kappa shape index (κ1) is 18.5. The summed E-state index contributed by atoms with van der Waals surface area (Å²) in [5.74, 6) is 3.90. The summed E-state index contributed by atoms with van der Waals surface area (Å²) in [6, 6.07) is 7.38. The highest BCUT2D eigenvalue weighted by atomic mass is 16.5. The molecule has 0 spiro atoms. The van der Waals surface area contributed by atoms with Crippen molar-refractivity contribution in [3.63, 3.8) is 0 Å². The van der Waals surface area contributed by atoms with E-state index in [1.807, 2.05) is 0 Å². The molecule has 0 aromatic heterocycles. The van der Waals surface area contributed by atoms with Crippen molar-refractivity contribution in [3.05, 3.63) is 34.9 Å². The molecule has 5 unspecified atom stereocenters. The number of hydrogen-bond acceptors (Lipinski definition) is 1. The second-order valence-electron chi connectivity index (χ2n) is 9.34. The number of ether oxygens (including phenoxy) is 1. The van der Waals surface area contributed by atoms with Crippen LogP contribution in [0, 0.1) is 23.7 Å². The summed E-state index contributed by atoms with van der Waals surface area (Å²) in [5, 5.41) is 0. The first-order valence-corrected chi connectivity index (χ1v) is 11.5. The average Bonchev–Trinajstić information content (AvgIpc) is 2.68. The van der Waals surface area contributed by atoms with Crippen molar-refractivity contribution in [1.82, 2.24) is 0 Å². The molecule has 3 aliphatic carbocycles. The summed E-state index contributed by atoms with van der Waals surface area (Å²) < 4.78 is 5.94. The van der Waals surface area contributed by atoms with Gasteiger partial charge < -0.3 is 4.74 Å². The van der Waals surface area contributed by atoms with Crippen LogP contribution in [0.1, 0.15) is 81.9 Å². The van der Waals surface area contributed by atoms with Crippen molar-refractivity contribution in [2.75, 3.05) is 6.61 Å². The second-order valence-corrected chi connectivity index (χ2v) is 9.34. The molecule has 0 N–H and O–H groups in total. The fourth-order valence-electron chi connectivity index (χ4n) is 6.38. The third-order valence-electron chi connectivity index (χ3n) is 7.75. The molecule has 0 radical (unpaired) electrons. The predicted octanol–water partition coefficient (Wildman–Crippen LogP) is 6.37. The third-order valence-corrected chi connectivity index (χ3v) is 7.75. The predicted molar refractivity (Wildman–Crippen MR) is 110 cm³/mol. The van der Waals surface area contributed by atoms with E-state index in [1.165, 1.54) is 70.6 Å². The molecule has 0 heterocycles. The normalized spacial score (nSPS) is 34.2. The number of fused-ring (bicyclic) bond motifs is 2. The summed E-state index contributed by atoms with van der Waals surface area (Å²) in [5.41, 5.74) is 4.89. The van der Waals surface area contributed by atoms with Gasteiger partial charge in [0.2, 0.25) is 0 Å². The Morgan fingerprint density at radius 2 is 1.62 bits per heavy atom. The van der Waals surface area contributed by atoms with Gasteiger partial charge in [-0.1, -0.05) is 31.5 Å². The minimum absolute atomic E-state index is 0.566. The molecule has 3 aliphatic rings. The van der Waals surface area contributed by atoms with Crippen LogP contribution in [0.25, 0.3) is 0 Å². The maximum atomic E-state index is 5.94. The molecule has 1 aromatic carbocycles. The summed E-state index contributed by atoms with van der Waals surface area (Å²) in [6.07, 6.45) is 15.7. The van der Waals surface area contributed by atoms with E-state index in [4.69, 9.17) is 4.74 Å². The standard InChI is InChI=1S/C25H38O/c1-3-5-18-6-7-20-15-21(9-8-19(20)14-18)22-10-11-24-17-25(26-4-2)13-12-23(24)16-22/h6-7,14,21-25H,3-5,8-13,15-17H2,1-2H3. The van der Waals surface area contributed by atoms with Gasteiger partial charge in [-0.15, -0.1) is 0 Å². The van der Waals surface area contributed by atoms with Crippen molar-refractivity contribution in [2.45, 2.75) is 90.6 Å². The summed E-state index contributed by atoms with van der Waals surface area (Å²) >= 11 is 0. The third kappa shape index (κ3) is 4.03. The van der Waals surface area contributed by atoms with Crippen LogP contribution in [-0.4, -0.2) is 12.7 Å². The minimum Gasteiger partial charge on any atom is -0.378 e. The zero-order valence-electron chi connectivity index (χ0n) is 17.0. The molecule has 5 atom stereocenters. The summed E-state index contributed by atoms with van der Waals surface area (Å²) in [6.45, 7) is 5.33. The van der Waals surface area contributed by atoms with Crippen LogP contribution >= 0.6 is 0 Å². The smallest absolute Gasteiger partial charge is 0.0577 e. The lowest BCUT2D eigenvalue weighted by Crippen LogP contribution is -2.37. The molecule has 4 rings (SSSR count). The molecule has 0 saturated heterocycles. The average molecular weight is 355 g/mol. The molecule has 2 saturated carbocycles. The number of aryl methyl sites for hydroxylation is 2. The van der Waals surface area contributed by atoms with E-state index in [9.17, 15) is 0 Å². The first-order valence-electron chi connectivity index (χ1n) is 11.5. The lowest BCUT2D eigenvalue weighted by atomic mass is 9.62. The number of benzene rings is 1. The van der Waals surface area contributed by atoms with Crippen LogP contribution in [-0.2, 0) is 24.0 Å². The molecular weight excluding hydrogens is 316 g/mol. The van der Waals surface area contributed by atoms with Crippen molar-refractivity contribution >= 4 is 0 Å². The first-order chi connectivity index (χ1) is 12.8. The SMILES string of the molecule is CCCc1ccc2c(c1)CCC(C1CCC3CC(OCC)CCC3C1)C2. The van der Waals surface area contributed by atoms with E-state index in [2.05, 4.69) is 32.0 Å². The van der Waals surface area contributed by atoms with Crippen molar-refractivity contribution in [3.8, 4) is 0 Å². The molecule has 1 aromatic rings. The van der Waals surface area contributed by atoms with Crippen LogP contribution in [0.3, 0.4) is 0 Å². The molecule has 1 nitrogen and oxygen atoms in total. The van der Waals surface area contributed by atoms with E-state index < -0.39 is 0 Å². The van der Waals surface area contributed by atoms with Gasteiger partial charge in [0.25, 0.3) is 0 Å². The summed E-state index contributed by atoms with van der Waals surface area (Å²) in [4.78, 5) is 0. The largest absolute Gasteiger partial charge is 0.378 e. The van der Waals surface area contributed by atoms with E-state index in [0.29, 0.717) is 6.10 Å². The quantitative estimate of drug-likeness (QED) is 0.597. The monoisotopic (exact) mass is 354 g/mol. The van der Waals surface area contributed by atoms with Gasteiger partial charge in [-0.3, -0.25) is 0 Å². The Kier molecular flexibility index (Phi) is 6.03. The molecule has 1 heteroatoms.